The Morgan fingerprint density at radius 3 is 2.24 bits per heavy atom. The van der Waals surface area contributed by atoms with E-state index >= 15 is 0 Å². The lowest BCUT2D eigenvalue weighted by molar-refractivity contribution is 0.601. The van der Waals surface area contributed by atoms with E-state index in [0.29, 0.717) is 5.56 Å². The maximum atomic E-state index is 11.6. The standard InChI is InChI=1S/C20H16N2O2S/c1-25(23,24)16-6-7-19(22-13-16)18-11-20(8-9-20)10-17(18)15-4-2-14(12-21)3-5-15/h2-7,10-11,13H,8-9H2,1H3. The number of pyridine rings is 1. The van der Waals surface area contributed by atoms with Crippen LogP contribution in [-0.2, 0) is 9.84 Å². The molecule has 0 amide bonds. The highest BCUT2D eigenvalue weighted by Crippen LogP contribution is 2.57. The third-order valence-corrected chi connectivity index (χ3v) is 5.84. The lowest BCUT2D eigenvalue weighted by atomic mass is 9.97. The summed E-state index contributed by atoms with van der Waals surface area (Å²) in [7, 11) is -3.25. The number of nitriles is 1. The number of benzene rings is 1. The molecular weight excluding hydrogens is 332 g/mol. The average Bonchev–Trinajstić information content (AvgIpc) is 3.25. The zero-order valence-corrected chi connectivity index (χ0v) is 14.5. The summed E-state index contributed by atoms with van der Waals surface area (Å²) in [5, 5.41) is 8.97. The van der Waals surface area contributed by atoms with E-state index in [-0.39, 0.29) is 10.3 Å². The fourth-order valence-corrected chi connectivity index (χ4v) is 3.70. The van der Waals surface area contributed by atoms with E-state index in [1.54, 1.807) is 12.1 Å². The van der Waals surface area contributed by atoms with Crippen LogP contribution in [0.2, 0.25) is 0 Å². The van der Waals surface area contributed by atoms with Crippen molar-refractivity contribution in [3.05, 3.63) is 71.6 Å². The highest BCUT2D eigenvalue weighted by atomic mass is 32.2. The van der Waals surface area contributed by atoms with Crippen molar-refractivity contribution in [3.63, 3.8) is 0 Å². The lowest BCUT2D eigenvalue weighted by Gasteiger charge is -2.09. The average molecular weight is 348 g/mol. The molecule has 1 aromatic carbocycles. The van der Waals surface area contributed by atoms with Gasteiger partial charge in [-0.3, -0.25) is 4.98 Å². The third kappa shape index (κ3) is 2.90. The van der Waals surface area contributed by atoms with Crippen LogP contribution in [0.4, 0.5) is 0 Å². The first kappa shape index (κ1) is 15.8. The molecule has 5 heteroatoms. The number of hydrogen-bond donors (Lipinski definition) is 0. The summed E-state index contributed by atoms with van der Waals surface area (Å²) in [4.78, 5) is 4.61. The predicted octanol–water partition coefficient (Wildman–Crippen LogP) is 3.62. The highest BCUT2D eigenvalue weighted by molar-refractivity contribution is 7.90. The number of sulfone groups is 1. The summed E-state index contributed by atoms with van der Waals surface area (Å²) in [6, 6.07) is 13.0. The lowest BCUT2D eigenvalue weighted by Crippen LogP contribution is -1.99. The van der Waals surface area contributed by atoms with Gasteiger partial charge >= 0.3 is 0 Å². The van der Waals surface area contributed by atoms with Gasteiger partial charge in [0, 0.05) is 23.4 Å². The van der Waals surface area contributed by atoms with E-state index in [4.69, 9.17) is 5.26 Å². The quantitative estimate of drug-likeness (QED) is 0.849. The largest absolute Gasteiger partial charge is 0.255 e. The molecule has 25 heavy (non-hydrogen) atoms. The minimum absolute atomic E-state index is 0.121. The molecule has 2 aliphatic carbocycles. The molecule has 0 N–H and O–H groups in total. The Hall–Kier alpha value is -2.71. The summed E-state index contributed by atoms with van der Waals surface area (Å²) in [5.41, 5.74) is 4.69. The molecule has 0 bridgehead atoms. The molecule has 1 heterocycles. The molecule has 0 unspecified atom stereocenters. The fourth-order valence-electron chi connectivity index (χ4n) is 3.14. The second-order valence-corrected chi connectivity index (χ2v) is 8.71. The minimum Gasteiger partial charge on any atom is -0.255 e. The molecule has 1 aromatic heterocycles. The Balaban J connectivity index is 1.75. The Bertz CT molecular complexity index is 1050. The maximum Gasteiger partial charge on any atom is 0.177 e. The van der Waals surface area contributed by atoms with Crippen molar-refractivity contribution >= 4 is 21.0 Å². The molecule has 0 saturated heterocycles. The smallest absolute Gasteiger partial charge is 0.177 e. The van der Waals surface area contributed by atoms with Crippen LogP contribution in [0.25, 0.3) is 11.1 Å². The van der Waals surface area contributed by atoms with E-state index in [1.165, 1.54) is 12.5 Å². The van der Waals surface area contributed by atoms with Gasteiger partial charge in [-0.05, 0) is 48.2 Å². The number of rotatable bonds is 3. The fraction of sp³-hybridized carbons (Fsp3) is 0.200. The van der Waals surface area contributed by atoms with Gasteiger partial charge in [0.25, 0.3) is 0 Å². The number of allylic oxidation sites excluding steroid dienone is 4. The Labute approximate surface area is 147 Å². The molecule has 4 rings (SSSR count). The van der Waals surface area contributed by atoms with Crippen LogP contribution in [0.5, 0.6) is 0 Å². The van der Waals surface area contributed by atoms with Crippen LogP contribution < -0.4 is 0 Å². The summed E-state index contributed by atoms with van der Waals surface area (Å²) in [5.74, 6) is 0. The summed E-state index contributed by atoms with van der Waals surface area (Å²) >= 11 is 0. The Kier molecular flexibility index (Phi) is 3.41. The van der Waals surface area contributed by atoms with Gasteiger partial charge < -0.3 is 0 Å². The first-order chi connectivity index (χ1) is 11.9. The summed E-state index contributed by atoms with van der Waals surface area (Å²) < 4.78 is 23.3. The molecule has 0 radical (unpaired) electrons. The molecule has 2 aliphatic rings. The van der Waals surface area contributed by atoms with E-state index in [9.17, 15) is 8.42 Å². The second kappa shape index (κ2) is 5.40. The van der Waals surface area contributed by atoms with Crippen molar-refractivity contribution in [2.24, 2.45) is 5.41 Å². The van der Waals surface area contributed by atoms with Crippen LogP contribution in [0.15, 0.2) is 59.6 Å². The van der Waals surface area contributed by atoms with Crippen LogP contribution in [-0.4, -0.2) is 19.7 Å². The van der Waals surface area contributed by atoms with Crippen molar-refractivity contribution in [2.45, 2.75) is 17.7 Å². The van der Waals surface area contributed by atoms with Gasteiger partial charge in [-0.1, -0.05) is 24.3 Å². The van der Waals surface area contributed by atoms with E-state index in [2.05, 4.69) is 23.2 Å². The Morgan fingerprint density at radius 1 is 1.04 bits per heavy atom. The number of hydrogen-bond acceptors (Lipinski definition) is 4. The predicted molar refractivity (Wildman–Crippen MR) is 96.1 cm³/mol. The van der Waals surface area contributed by atoms with Crippen LogP contribution in [0, 0.1) is 16.7 Å². The topological polar surface area (TPSA) is 70.8 Å². The molecule has 0 aliphatic heterocycles. The molecule has 2 aromatic rings. The SMILES string of the molecule is CS(=O)(=O)c1ccc(C2=CC3(C=C2c2ccc(C#N)cc2)CC3)nc1. The van der Waals surface area contributed by atoms with Gasteiger partial charge in [-0.2, -0.15) is 5.26 Å². The van der Waals surface area contributed by atoms with Crippen LogP contribution in [0.1, 0.15) is 29.7 Å². The second-order valence-electron chi connectivity index (χ2n) is 6.69. The van der Waals surface area contributed by atoms with Gasteiger partial charge in [-0.25, -0.2) is 8.42 Å². The summed E-state index contributed by atoms with van der Waals surface area (Å²) in [6.07, 6.45) is 9.36. The highest BCUT2D eigenvalue weighted by Gasteiger charge is 2.43. The normalized spacial score (nSPS) is 17.8. The zero-order chi connectivity index (χ0) is 17.7. The molecule has 4 nitrogen and oxygen atoms in total. The summed E-state index contributed by atoms with van der Waals surface area (Å²) in [6.45, 7) is 0. The first-order valence-electron chi connectivity index (χ1n) is 8.03. The molecule has 124 valence electrons. The number of nitrogens with zero attached hydrogens (tertiary/aromatic N) is 2. The maximum absolute atomic E-state index is 11.6. The molecule has 1 fully saturated rings. The monoisotopic (exact) mass is 348 g/mol. The van der Waals surface area contributed by atoms with Crippen LogP contribution in [0.3, 0.4) is 0 Å². The molecule has 1 spiro atoms. The zero-order valence-electron chi connectivity index (χ0n) is 13.7. The van der Waals surface area contributed by atoms with Crippen molar-refractivity contribution < 1.29 is 8.42 Å². The van der Waals surface area contributed by atoms with Gasteiger partial charge in [0.2, 0.25) is 0 Å². The molecule has 1 saturated carbocycles. The molecular formula is C20H16N2O2S. The van der Waals surface area contributed by atoms with Crippen molar-refractivity contribution in [3.8, 4) is 6.07 Å². The van der Waals surface area contributed by atoms with Gasteiger partial charge in [0.05, 0.1) is 22.2 Å². The minimum atomic E-state index is -3.25. The van der Waals surface area contributed by atoms with Crippen molar-refractivity contribution in [1.82, 2.24) is 4.98 Å². The van der Waals surface area contributed by atoms with E-state index < -0.39 is 9.84 Å². The van der Waals surface area contributed by atoms with Crippen LogP contribution >= 0.6 is 0 Å². The molecule has 0 atom stereocenters. The van der Waals surface area contributed by atoms with E-state index in [1.807, 2.05) is 24.3 Å². The number of aromatic nitrogens is 1. The van der Waals surface area contributed by atoms with Crippen molar-refractivity contribution in [1.29, 1.82) is 5.26 Å². The van der Waals surface area contributed by atoms with E-state index in [0.717, 1.165) is 35.2 Å². The Morgan fingerprint density at radius 2 is 1.72 bits per heavy atom. The first-order valence-corrected chi connectivity index (χ1v) is 9.93. The van der Waals surface area contributed by atoms with Gasteiger partial charge in [0.15, 0.2) is 9.84 Å². The van der Waals surface area contributed by atoms with Gasteiger partial charge in [-0.15, -0.1) is 0 Å². The van der Waals surface area contributed by atoms with Gasteiger partial charge in [0.1, 0.15) is 0 Å². The third-order valence-electron chi connectivity index (χ3n) is 4.75. The van der Waals surface area contributed by atoms with Crippen molar-refractivity contribution in [2.75, 3.05) is 6.26 Å².